The summed E-state index contributed by atoms with van der Waals surface area (Å²) in [5.41, 5.74) is -0.331. The SMILES string of the molecule is CC1CCC(C(C)C)C(O)(C2CCCC2)C1. The van der Waals surface area contributed by atoms with Crippen LogP contribution in [0.4, 0.5) is 0 Å². The predicted octanol–water partition coefficient (Wildman–Crippen LogP) is 4.00. The molecule has 2 saturated carbocycles. The maximum absolute atomic E-state index is 11.2. The summed E-state index contributed by atoms with van der Waals surface area (Å²) in [5.74, 6) is 2.51. The lowest BCUT2D eigenvalue weighted by Crippen LogP contribution is -2.50. The normalized spacial score (nSPS) is 41.8. The first-order valence-corrected chi connectivity index (χ1v) is 7.26. The molecule has 0 saturated heterocycles. The third kappa shape index (κ3) is 2.16. The van der Waals surface area contributed by atoms with E-state index in [9.17, 15) is 5.11 Å². The summed E-state index contributed by atoms with van der Waals surface area (Å²) in [4.78, 5) is 0. The first-order valence-electron chi connectivity index (χ1n) is 7.26. The van der Waals surface area contributed by atoms with Crippen LogP contribution < -0.4 is 0 Å². The zero-order chi connectivity index (χ0) is 11.8. The molecule has 1 nitrogen and oxygen atoms in total. The van der Waals surface area contributed by atoms with Gasteiger partial charge in [0.2, 0.25) is 0 Å². The lowest BCUT2D eigenvalue weighted by atomic mass is 9.61. The van der Waals surface area contributed by atoms with E-state index in [1.807, 2.05) is 0 Å². The minimum absolute atomic E-state index is 0.331. The van der Waals surface area contributed by atoms with Crippen molar-refractivity contribution in [2.24, 2.45) is 23.7 Å². The van der Waals surface area contributed by atoms with Gasteiger partial charge in [-0.15, -0.1) is 0 Å². The van der Waals surface area contributed by atoms with Crippen LogP contribution in [0.5, 0.6) is 0 Å². The molecule has 16 heavy (non-hydrogen) atoms. The predicted molar refractivity (Wildman–Crippen MR) is 68.3 cm³/mol. The molecular weight excluding hydrogens is 196 g/mol. The minimum atomic E-state index is -0.331. The Balaban J connectivity index is 2.16. The second-order valence-corrected chi connectivity index (χ2v) is 6.71. The highest BCUT2D eigenvalue weighted by Gasteiger charge is 2.48. The molecule has 0 heterocycles. The Morgan fingerprint density at radius 2 is 1.69 bits per heavy atom. The molecule has 2 aliphatic carbocycles. The summed E-state index contributed by atoms with van der Waals surface area (Å²) < 4.78 is 0. The number of rotatable bonds is 2. The van der Waals surface area contributed by atoms with Gasteiger partial charge in [-0.3, -0.25) is 0 Å². The van der Waals surface area contributed by atoms with E-state index in [4.69, 9.17) is 0 Å². The van der Waals surface area contributed by atoms with Crippen LogP contribution in [-0.2, 0) is 0 Å². The first-order chi connectivity index (χ1) is 7.54. The largest absolute Gasteiger partial charge is 0.389 e. The highest BCUT2D eigenvalue weighted by molar-refractivity contribution is 4.99. The zero-order valence-electron chi connectivity index (χ0n) is 11.2. The molecule has 3 atom stereocenters. The maximum Gasteiger partial charge on any atom is 0.0708 e. The van der Waals surface area contributed by atoms with Gasteiger partial charge in [0.25, 0.3) is 0 Å². The van der Waals surface area contributed by atoms with E-state index in [-0.39, 0.29) is 5.60 Å². The summed E-state index contributed by atoms with van der Waals surface area (Å²) >= 11 is 0. The van der Waals surface area contributed by atoms with Crippen molar-refractivity contribution in [1.82, 2.24) is 0 Å². The van der Waals surface area contributed by atoms with Gasteiger partial charge in [0.05, 0.1) is 5.60 Å². The van der Waals surface area contributed by atoms with Gasteiger partial charge in [0.15, 0.2) is 0 Å². The van der Waals surface area contributed by atoms with Crippen molar-refractivity contribution in [2.75, 3.05) is 0 Å². The van der Waals surface area contributed by atoms with E-state index < -0.39 is 0 Å². The van der Waals surface area contributed by atoms with Crippen molar-refractivity contribution in [1.29, 1.82) is 0 Å². The van der Waals surface area contributed by atoms with Crippen molar-refractivity contribution >= 4 is 0 Å². The lowest BCUT2D eigenvalue weighted by Gasteiger charge is -2.48. The van der Waals surface area contributed by atoms with Gasteiger partial charge in [-0.25, -0.2) is 0 Å². The number of hydrogen-bond donors (Lipinski definition) is 1. The summed E-state index contributed by atoms with van der Waals surface area (Å²) in [7, 11) is 0. The first kappa shape index (κ1) is 12.4. The van der Waals surface area contributed by atoms with Gasteiger partial charge in [0, 0.05) is 0 Å². The van der Waals surface area contributed by atoms with Gasteiger partial charge in [0.1, 0.15) is 0 Å². The molecule has 2 aliphatic rings. The van der Waals surface area contributed by atoms with Crippen LogP contribution >= 0.6 is 0 Å². The van der Waals surface area contributed by atoms with Gasteiger partial charge in [-0.05, 0) is 49.4 Å². The highest BCUT2D eigenvalue weighted by Crippen LogP contribution is 2.49. The van der Waals surface area contributed by atoms with Gasteiger partial charge in [-0.1, -0.05) is 40.0 Å². The monoisotopic (exact) mass is 224 g/mol. The number of aliphatic hydroxyl groups is 1. The van der Waals surface area contributed by atoms with Crippen LogP contribution in [0.15, 0.2) is 0 Å². The van der Waals surface area contributed by atoms with Crippen LogP contribution in [0.2, 0.25) is 0 Å². The molecule has 3 unspecified atom stereocenters. The molecule has 94 valence electrons. The molecule has 0 spiro atoms. The third-order valence-electron chi connectivity index (χ3n) is 5.15. The fourth-order valence-corrected chi connectivity index (χ4v) is 4.33. The molecular formula is C15H28O. The van der Waals surface area contributed by atoms with Gasteiger partial charge >= 0.3 is 0 Å². The summed E-state index contributed by atoms with van der Waals surface area (Å²) in [6.45, 7) is 6.90. The van der Waals surface area contributed by atoms with Crippen LogP contribution in [0.3, 0.4) is 0 Å². The van der Waals surface area contributed by atoms with Crippen LogP contribution in [0, 0.1) is 23.7 Å². The Morgan fingerprint density at radius 3 is 2.25 bits per heavy atom. The smallest absolute Gasteiger partial charge is 0.0708 e. The third-order valence-corrected chi connectivity index (χ3v) is 5.15. The van der Waals surface area contributed by atoms with Crippen molar-refractivity contribution in [3.05, 3.63) is 0 Å². The zero-order valence-corrected chi connectivity index (χ0v) is 11.2. The highest BCUT2D eigenvalue weighted by atomic mass is 16.3. The Labute approximate surface area is 101 Å². The average molecular weight is 224 g/mol. The molecule has 2 rings (SSSR count). The van der Waals surface area contributed by atoms with Crippen molar-refractivity contribution < 1.29 is 5.11 Å². The van der Waals surface area contributed by atoms with Crippen LogP contribution in [0.1, 0.15) is 65.7 Å². The van der Waals surface area contributed by atoms with E-state index >= 15 is 0 Å². The van der Waals surface area contributed by atoms with Crippen molar-refractivity contribution in [3.8, 4) is 0 Å². The Morgan fingerprint density at radius 1 is 1.06 bits per heavy atom. The Kier molecular flexibility index (Phi) is 3.63. The van der Waals surface area contributed by atoms with Crippen molar-refractivity contribution in [3.63, 3.8) is 0 Å². The molecule has 0 aromatic heterocycles. The average Bonchev–Trinajstić information content (AvgIpc) is 2.69. The molecule has 1 N–H and O–H groups in total. The molecule has 0 aromatic rings. The fraction of sp³-hybridized carbons (Fsp3) is 1.00. The van der Waals surface area contributed by atoms with E-state index in [0.29, 0.717) is 17.8 Å². The molecule has 0 bridgehead atoms. The molecule has 1 heteroatoms. The van der Waals surface area contributed by atoms with Gasteiger partial charge < -0.3 is 5.11 Å². The molecule has 0 aliphatic heterocycles. The van der Waals surface area contributed by atoms with E-state index in [0.717, 1.165) is 12.3 Å². The molecule has 0 radical (unpaired) electrons. The van der Waals surface area contributed by atoms with E-state index in [2.05, 4.69) is 20.8 Å². The van der Waals surface area contributed by atoms with E-state index in [1.54, 1.807) is 0 Å². The summed E-state index contributed by atoms with van der Waals surface area (Å²) in [6.07, 6.45) is 8.83. The van der Waals surface area contributed by atoms with E-state index in [1.165, 1.54) is 38.5 Å². The van der Waals surface area contributed by atoms with Crippen molar-refractivity contribution in [2.45, 2.75) is 71.3 Å². The molecule has 2 fully saturated rings. The Bertz CT molecular complexity index is 230. The standard InChI is InChI=1S/C15H28O/c1-11(2)14-9-8-12(3)10-15(14,16)13-6-4-5-7-13/h11-14,16H,4-10H2,1-3H3. The van der Waals surface area contributed by atoms with Crippen LogP contribution in [-0.4, -0.2) is 10.7 Å². The molecule has 0 aromatic carbocycles. The second kappa shape index (κ2) is 4.68. The molecule has 0 amide bonds. The number of hydrogen-bond acceptors (Lipinski definition) is 1. The Hall–Kier alpha value is -0.0400. The summed E-state index contributed by atoms with van der Waals surface area (Å²) in [6, 6.07) is 0. The lowest BCUT2D eigenvalue weighted by molar-refractivity contribution is -0.120. The van der Waals surface area contributed by atoms with Gasteiger partial charge in [-0.2, -0.15) is 0 Å². The van der Waals surface area contributed by atoms with Crippen LogP contribution in [0.25, 0.3) is 0 Å². The fourth-order valence-electron chi connectivity index (χ4n) is 4.33. The maximum atomic E-state index is 11.2. The summed E-state index contributed by atoms with van der Waals surface area (Å²) in [5, 5.41) is 11.2. The topological polar surface area (TPSA) is 20.2 Å². The second-order valence-electron chi connectivity index (χ2n) is 6.71. The minimum Gasteiger partial charge on any atom is -0.389 e. The quantitative estimate of drug-likeness (QED) is 0.751.